The lowest BCUT2D eigenvalue weighted by molar-refractivity contribution is -0.117. The van der Waals surface area contributed by atoms with Crippen LogP contribution in [0, 0.1) is 5.92 Å². The number of anilines is 1. The normalized spacial score (nSPS) is 22.3. The number of hydrogen-bond acceptors (Lipinski definition) is 5. The van der Waals surface area contributed by atoms with Crippen LogP contribution in [-0.4, -0.2) is 62.7 Å². The van der Waals surface area contributed by atoms with Gasteiger partial charge in [0.05, 0.1) is 17.9 Å². The predicted octanol–water partition coefficient (Wildman–Crippen LogP) is 2.93. The first-order chi connectivity index (χ1) is 14.8. The Hall–Kier alpha value is -2.25. The summed E-state index contributed by atoms with van der Waals surface area (Å²) < 4.78 is 2.05. The molecule has 3 aliphatic rings. The quantitative estimate of drug-likeness (QED) is 0.796. The highest BCUT2D eigenvalue weighted by atomic mass is 16.2. The molecule has 1 aliphatic carbocycles. The van der Waals surface area contributed by atoms with Crippen LogP contribution in [0.15, 0.2) is 36.7 Å². The van der Waals surface area contributed by atoms with Crippen molar-refractivity contribution in [3.05, 3.63) is 42.4 Å². The monoisotopic (exact) mass is 408 g/mol. The first-order valence-corrected chi connectivity index (χ1v) is 11.5. The minimum absolute atomic E-state index is 0.159. The van der Waals surface area contributed by atoms with Crippen molar-refractivity contribution in [1.29, 1.82) is 0 Å². The highest BCUT2D eigenvalue weighted by molar-refractivity contribution is 5.93. The van der Waals surface area contributed by atoms with Crippen molar-refractivity contribution in [3.63, 3.8) is 0 Å². The molecule has 160 valence electrons. The third-order valence-electron chi connectivity index (χ3n) is 6.90. The Balaban J connectivity index is 1.09. The summed E-state index contributed by atoms with van der Waals surface area (Å²) in [4.78, 5) is 21.8. The van der Waals surface area contributed by atoms with Gasteiger partial charge in [0.15, 0.2) is 0 Å². The van der Waals surface area contributed by atoms with E-state index < -0.39 is 0 Å². The van der Waals surface area contributed by atoms with Crippen LogP contribution in [0.3, 0.4) is 0 Å². The van der Waals surface area contributed by atoms with E-state index in [9.17, 15) is 4.79 Å². The lowest BCUT2D eigenvalue weighted by Gasteiger charge is -2.42. The Bertz CT molecular complexity index is 832. The third kappa shape index (κ3) is 4.57. The lowest BCUT2D eigenvalue weighted by atomic mass is 9.97. The largest absolute Gasteiger partial charge is 0.311 e. The number of amides is 1. The first-order valence-electron chi connectivity index (χ1n) is 11.5. The van der Waals surface area contributed by atoms with E-state index in [1.165, 1.54) is 18.5 Å². The van der Waals surface area contributed by atoms with E-state index >= 15 is 0 Å². The predicted molar refractivity (Wildman–Crippen MR) is 116 cm³/mol. The summed E-state index contributed by atoms with van der Waals surface area (Å²) in [6.07, 6.45) is 10.4. The van der Waals surface area contributed by atoms with Gasteiger partial charge in [-0.15, -0.1) is 0 Å². The van der Waals surface area contributed by atoms with E-state index in [-0.39, 0.29) is 11.8 Å². The van der Waals surface area contributed by atoms with Gasteiger partial charge in [0.25, 0.3) is 0 Å². The Labute approximate surface area is 178 Å². The molecule has 7 heteroatoms. The number of nitrogens with zero attached hydrogens (tertiary/aromatic N) is 5. The van der Waals surface area contributed by atoms with Gasteiger partial charge in [-0.25, -0.2) is 4.68 Å². The van der Waals surface area contributed by atoms with Gasteiger partial charge in [0.1, 0.15) is 5.82 Å². The molecule has 0 atom stereocenters. The van der Waals surface area contributed by atoms with Gasteiger partial charge in [0.2, 0.25) is 5.91 Å². The molecule has 30 heavy (non-hydrogen) atoms. The van der Waals surface area contributed by atoms with Crippen LogP contribution >= 0.6 is 0 Å². The smallest absolute Gasteiger partial charge is 0.228 e. The second kappa shape index (κ2) is 8.86. The maximum absolute atomic E-state index is 12.1. The van der Waals surface area contributed by atoms with Gasteiger partial charge in [0, 0.05) is 56.9 Å². The van der Waals surface area contributed by atoms with Crippen LogP contribution in [-0.2, 0) is 11.3 Å². The van der Waals surface area contributed by atoms with Gasteiger partial charge in [-0.3, -0.25) is 14.7 Å². The van der Waals surface area contributed by atoms with Crippen molar-refractivity contribution in [2.45, 2.75) is 57.2 Å². The average Bonchev–Trinajstić information content (AvgIpc) is 3.55. The second-order valence-corrected chi connectivity index (χ2v) is 9.02. The minimum atomic E-state index is 0.159. The summed E-state index contributed by atoms with van der Waals surface area (Å²) >= 11 is 0. The molecule has 0 bridgehead atoms. The Kier molecular flexibility index (Phi) is 5.82. The van der Waals surface area contributed by atoms with Gasteiger partial charge in [-0.2, -0.15) is 5.10 Å². The summed E-state index contributed by atoms with van der Waals surface area (Å²) in [6.45, 7) is 5.50. The Morgan fingerprint density at radius 2 is 1.70 bits per heavy atom. The standard InChI is InChI=1S/C23H32N6O/c30-23(18-4-5-18)26-22-6-12-25-29(22)21-9-15-28(16-10-21)20-7-13-27(14-8-20)17-19-3-1-2-11-24-19/h1-3,6,11-12,18,20-21H,4-5,7-10,13-17H2,(H,26,30). The molecule has 1 saturated carbocycles. The fourth-order valence-corrected chi connectivity index (χ4v) is 4.94. The number of likely N-dealkylation sites (tertiary alicyclic amines) is 2. The van der Waals surface area contributed by atoms with Crippen molar-refractivity contribution < 1.29 is 4.79 Å². The van der Waals surface area contributed by atoms with Gasteiger partial charge < -0.3 is 10.2 Å². The van der Waals surface area contributed by atoms with Crippen LogP contribution in [0.25, 0.3) is 0 Å². The van der Waals surface area contributed by atoms with Crippen molar-refractivity contribution in [2.75, 3.05) is 31.5 Å². The SMILES string of the molecule is O=C(Nc1ccnn1C1CCN(C2CCN(Cc3ccccn3)CC2)CC1)C1CC1. The van der Waals surface area contributed by atoms with Crippen LogP contribution in [0.1, 0.15) is 50.3 Å². The van der Waals surface area contributed by atoms with Gasteiger partial charge >= 0.3 is 0 Å². The molecule has 2 aromatic rings. The van der Waals surface area contributed by atoms with Crippen molar-refractivity contribution in [3.8, 4) is 0 Å². The zero-order valence-electron chi connectivity index (χ0n) is 17.6. The minimum Gasteiger partial charge on any atom is -0.311 e. The summed E-state index contributed by atoms with van der Waals surface area (Å²) in [5, 5.41) is 7.62. The summed E-state index contributed by atoms with van der Waals surface area (Å²) in [6, 6.07) is 9.18. The molecular weight excluding hydrogens is 376 g/mol. The van der Waals surface area contributed by atoms with Gasteiger partial charge in [-0.05, 0) is 50.7 Å². The van der Waals surface area contributed by atoms with E-state index in [0.29, 0.717) is 12.1 Å². The molecule has 0 unspecified atom stereocenters. The summed E-state index contributed by atoms with van der Waals surface area (Å²) in [5.41, 5.74) is 1.17. The average molecular weight is 409 g/mol. The molecule has 3 fully saturated rings. The van der Waals surface area contributed by atoms with Crippen molar-refractivity contribution in [2.24, 2.45) is 5.92 Å². The number of nitrogens with one attached hydrogen (secondary N) is 1. The molecule has 1 amide bonds. The molecule has 0 aromatic carbocycles. The summed E-state index contributed by atoms with van der Waals surface area (Å²) in [7, 11) is 0. The molecule has 2 aliphatic heterocycles. The topological polar surface area (TPSA) is 66.3 Å². The maximum atomic E-state index is 12.1. The van der Waals surface area contributed by atoms with Crippen molar-refractivity contribution in [1.82, 2.24) is 24.6 Å². The van der Waals surface area contributed by atoms with E-state index in [1.807, 2.05) is 29.2 Å². The number of pyridine rings is 1. The zero-order valence-corrected chi connectivity index (χ0v) is 17.6. The van der Waals surface area contributed by atoms with Crippen molar-refractivity contribution >= 4 is 11.7 Å². The number of hydrogen-bond donors (Lipinski definition) is 1. The number of aromatic nitrogens is 3. The molecule has 7 nitrogen and oxygen atoms in total. The highest BCUT2D eigenvalue weighted by Crippen LogP contribution is 2.32. The molecule has 2 saturated heterocycles. The molecule has 0 spiro atoms. The molecule has 1 N–H and O–H groups in total. The summed E-state index contributed by atoms with van der Waals surface area (Å²) in [5.74, 6) is 1.25. The third-order valence-corrected chi connectivity index (χ3v) is 6.90. The molecule has 4 heterocycles. The van der Waals surface area contributed by atoms with E-state index in [4.69, 9.17) is 0 Å². The number of carbonyl (C=O) groups is 1. The molecular formula is C23H32N6O. The van der Waals surface area contributed by atoms with Crippen LogP contribution in [0.5, 0.6) is 0 Å². The van der Waals surface area contributed by atoms with Crippen LogP contribution in [0.4, 0.5) is 5.82 Å². The Morgan fingerprint density at radius 3 is 2.40 bits per heavy atom. The number of carbonyl (C=O) groups excluding carboxylic acids is 1. The van der Waals surface area contributed by atoms with E-state index in [1.54, 1.807) is 0 Å². The molecule has 0 radical (unpaired) electrons. The molecule has 2 aromatic heterocycles. The Morgan fingerprint density at radius 1 is 0.933 bits per heavy atom. The van der Waals surface area contributed by atoms with Crippen LogP contribution < -0.4 is 5.32 Å². The second-order valence-electron chi connectivity index (χ2n) is 9.02. The highest BCUT2D eigenvalue weighted by Gasteiger charge is 2.32. The number of piperidine rings is 2. The fraction of sp³-hybridized carbons (Fsp3) is 0.609. The fourth-order valence-electron chi connectivity index (χ4n) is 4.94. The van der Waals surface area contributed by atoms with E-state index in [0.717, 1.165) is 64.2 Å². The molecule has 5 rings (SSSR count). The van der Waals surface area contributed by atoms with Crippen LogP contribution in [0.2, 0.25) is 0 Å². The lowest BCUT2D eigenvalue weighted by Crippen LogP contribution is -2.47. The zero-order chi connectivity index (χ0) is 20.3. The number of rotatable bonds is 6. The van der Waals surface area contributed by atoms with Gasteiger partial charge in [-0.1, -0.05) is 6.07 Å². The van der Waals surface area contributed by atoms with E-state index in [2.05, 4.69) is 37.3 Å². The maximum Gasteiger partial charge on any atom is 0.228 e. The first kappa shape index (κ1) is 19.7.